The van der Waals surface area contributed by atoms with Crippen LogP contribution in [-0.2, 0) is 0 Å². The van der Waals surface area contributed by atoms with E-state index >= 15 is 0 Å². The smallest absolute Gasteiger partial charge is 0.317 e. The normalized spacial score (nSPS) is 21.2. The molecule has 0 bridgehead atoms. The van der Waals surface area contributed by atoms with Crippen LogP contribution < -0.4 is 5.32 Å². The predicted molar refractivity (Wildman–Crippen MR) is 71.8 cm³/mol. The molecule has 5 heteroatoms. The number of amides is 2. The van der Waals surface area contributed by atoms with Gasteiger partial charge in [-0.15, -0.1) is 0 Å². The molecule has 2 unspecified atom stereocenters. The minimum absolute atomic E-state index is 0.0836. The number of carbonyl (C=O) groups is 1. The summed E-state index contributed by atoms with van der Waals surface area (Å²) >= 11 is 0. The molecule has 2 heterocycles. The first-order valence-electron chi connectivity index (χ1n) is 6.82. The van der Waals surface area contributed by atoms with Crippen LogP contribution in [0.1, 0.15) is 37.3 Å². The fraction of sp³-hybridized carbons (Fsp3) is 0.643. The molecule has 2 amide bonds. The molecule has 1 fully saturated rings. The summed E-state index contributed by atoms with van der Waals surface area (Å²) in [5, 5.41) is 12.1. The molecule has 0 spiro atoms. The summed E-state index contributed by atoms with van der Waals surface area (Å²) in [7, 11) is 0. The summed E-state index contributed by atoms with van der Waals surface area (Å²) in [6.07, 6.45) is 1.94. The van der Waals surface area contributed by atoms with Crippen molar-refractivity contribution in [2.75, 3.05) is 19.7 Å². The summed E-state index contributed by atoms with van der Waals surface area (Å²) in [5.41, 5.74) is 0. The number of urea groups is 1. The predicted octanol–water partition coefficient (Wildman–Crippen LogP) is 2.06. The number of hydrogen-bond acceptors (Lipinski definition) is 3. The Labute approximate surface area is 113 Å². The van der Waals surface area contributed by atoms with Crippen LogP contribution in [0.3, 0.4) is 0 Å². The lowest BCUT2D eigenvalue weighted by atomic mass is 9.99. The van der Waals surface area contributed by atoms with Crippen molar-refractivity contribution in [1.29, 1.82) is 0 Å². The number of piperidine rings is 1. The first-order chi connectivity index (χ1) is 9.10. The number of nitrogens with one attached hydrogen (secondary N) is 1. The second-order valence-corrected chi connectivity index (χ2v) is 5.26. The van der Waals surface area contributed by atoms with Crippen LogP contribution in [0.25, 0.3) is 0 Å². The second kappa shape index (κ2) is 6.10. The fourth-order valence-electron chi connectivity index (χ4n) is 2.43. The van der Waals surface area contributed by atoms with Gasteiger partial charge in [-0.3, -0.25) is 0 Å². The van der Waals surface area contributed by atoms with Gasteiger partial charge in [-0.1, -0.05) is 0 Å². The van der Waals surface area contributed by atoms with Crippen LogP contribution in [0.2, 0.25) is 0 Å². The maximum absolute atomic E-state index is 12.1. The number of likely N-dealkylation sites (tertiary alicyclic amines) is 1. The van der Waals surface area contributed by atoms with Crippen molar-refractivity contribution in [3.05, 3.63) is 23.7 Å². The van der Waals surface area contributed by atoms with Gasteiger partial charge in [0.15, 0.2) is 0 Å². The molecule has 0 aromatic carbocycles. The summed E-state index contributed by atoms with van der Waals surface area (Å²) in [6, 6.07) is 3.55. The van der Waals surface area contributed by atoms with Crippen LogP contribution in [-0.4, -0.2) is 35.7 Å². The molecule has 19 heavy (non-hydrogen) atoms. The standard InChI is InChI=1S/C14H22N2O3/c1-10-5-6-13(19-10)11(2)15-14(18)16-7-3-4-12(8-16)9-17/h5-6,11-12,17H,3-4,7-9H2,1-2H3,(H,15,18). The summed E-state index contributed by atoms with van der Waals surface area (Å²) < 4.78 is 5.50. The maximum atomic E-state index is 12.1. The molecule has 5 nitrogen and oxygen atoms in total. The van der Waals surface area contributed by atoms with E-state index in [0.29, 0.717) is 6.54 Å². The highest BCUT2D eigenvalue weighted by molar-refractivity contribution is 5.74. The molecule has 2 N–H and O–H groups in total. The topological polar surface area (TPSA) is 65.7 Å². The maximum Gasteiger partial charge on any atom is 0.317 e. The van der Waals surface area contributed by atoms with E-state index < -0.39 is 0 Å². The second-order valence-electron chi connectivity index (χ2n) is 5.26. The molecule has 2 atom stereocenters. The van der Waals surface area contributed by atoms with E-state index in [2.05, 4.69) is 5.32 Å². The molecule has 1 aliphatic rings. The average Bonchev–Trinajstić information content (AvgIpc) is 2.85. The van der Waals surface area contributed by atoms with Gasteiger partial charge in [-0.2, -0.15) is 0 Å². The summed E-state index contributed by atoms with van der Waals surface area (Å²) in [5.74, 6) is 1.82. The molecule has 1 saturated heterocycles. The Morgan fingerprint density at radius 2 is 2.42 bits per heavy atom. The first kappa shape index (κ1) is 13.9. The van der Waals surface area contributed by atoms with Gasteiger partial charge >= 0.3 is 6.03 Å². The largest absolute Gasteiger partial charge is 0.464 e. The van der Waals surface area contributed by atoms with E-state index in [4.69, 9.17) is 4.42 Å². The van der Waals surface area contributed by atoms with Gasteiger partial charge in [0, 0.05) is 19.7 Å². The Balaban J connectivity index is 1.89. The van der Waals surface area contributed by atoms with E-state index in [0.717, 1.165) is 30.9 Å². The number of nitrogens with zero attached hydrogens (tertiary/aromatic N) is 1. The van der Waals surface area contributed by atoms with E-state index in [1.807, 2.05) is 26.0 Å². The molecule has 1 aliphatic heterocycles. The highest BCUT2D eigenvalue weighted by atomic mass is 16.3. The lowest BCUT2D eigenvalue weighted by molar-refractivity contribution is 0.127. The zero-order chi connectivity index (χ0) is 13.8. The van der Waals surface area contributed by atoms with Gasteiger partial charge in [-0.25, -0.2) is 4.79 Å². The van der Waals surface area contributed by atoms with Crippen molar-refractivity contribution in [3.8, 4) is 0 Å². The van der Waals surface area contributed by atoms with E-state index in [-0.39, 0.29) is 24.6 Å². The number of aliphatic hydroxyl groups is 1. The van der Waals surface area contributed by atoms with E-state index in [1.54, 1.807) is 4.90 Å². The minimum Gasteiger partial charge on any atom is -0.464 e. The van der Waals surface area contributed by atoms with Gasteiger partial charge in [0.1, 0.15) is 11.5 Å². The zero-order valence-electron chi connectivity index (χ0n) is 11.6. The third-order valence-electron chi connectivity index (χ3n) is 3.59. The van der Waals surface area contributed by atoms with Gasteiger partial charge < -0.3 is 19.7 Å². The van der Waals surface area contributed by atoms with Crippen molar-refractivity contribution in [1.82, 2.24) is 10.2 Å². The Hall–Kier alpha value is -1.49. The molecule has 1 aromatic rings. The average molecular weight is 266 g/mol. The van der Waals surface area contributed by atoms with Crippen LogP contribution in [0.4, 0.5) is 4.79 Å². The first-order valence-corrected chi connectivity index (χ1v) is 6.82. The molecule has 106 valence electrons. The lowest BCUT2D eigenvalue weighted by Crippen LogP contribution is -2.46. The van der Waals surface area contributed by atoms with Crippen molar-refractivity contribution in [3.63, 3.8) is 0 Å². The van der Waals surface area contributed by atoms with Crippen LogP contribution in [0.5, 0.6) is 0 Å². The molecular formula is C14H22N2O3. The summed E-state index contributed by atoms with van der Waals surface area (Å²) in [6.45, 7) is 5.33. The number of carbonyl (C=O) groups excluding carboxylic acids is 1. The highest BCUT2D eigenvalue weighted by Gasteiger charge is 2.24. The van der Waals surface area contributed by atoms with Crippen molar-refractivity contribution in [2.45, 2.75) is 32.7 Å². The Bertz CT molecular complexity index is 430. The molecule has 0 radical (unpaired) electrons. The van der Waals surface area contributed by atoms with E-state index in [9.17, 15) is 9.90 Å². The van der Waals surface area contributed by atoms with Gasteiger partial charge in [0.2, 0.25) is 0 Å². The molecule has 2 rings (SSSR count). The van der Waals surface area contributed by atoms with Gasteiger partial charge in [0.05, 0.1) is 6.04 Å². The number of hydrogen-bond donors (Lipinski definition) is 2. The van der Waals surface area contributed by atoms with Crippen molar-refractivity contribution in [2.24, 2.45) is 5.92 Å². The highest BCUT2D eigenvalue weighted by Crippen LogP contribution is 2.18. The minimum atomic E-state index is -0.143. The fourth-order valence-corrected chi connectivity index (χ4v) is 2.43. The number of furan rings is 1. The zero-order valence-corrected chi connectivity index (χ0v) is 11.6. The third-order valence-corrected chi connectivity index (χ3v) is 3.59. The van der Waals surface area contributed by atoms with Gasteiger partial charge in [0.25, 0.3) is 0 Å². The van der Waals surface area contributed by atoms with Crippen molar-refractivity contribution >= 4 is 6.03 Å². The van der Waals surface area contributed by atoms with Crippen LogP contribution in [0.15, 0.2) is 16.5 Å². The molecular weight excluding hydrogens is 244 g/mol. The molecule has 0 saturated carbocycles. The number of rotatable bonds is 3. The van der Waals surface area contributed by atoms with Crippen LogP contribution in [0, 0.1) is 12.8 Å². The molecule has 1 aromatic heterocycles. The van der Waals surface area contributed by atoms with Gasteiger partial charge in [-0.05, 0) is 44.7 Å². The number of aliphatic hydroxyl groups excluding tert-OH is 1. The Kier molecular flexibility index (Phi) is 4.47. The quantitative estimate of drug-likeness (QED) is 0.880. The molecule has 0 aliphatic carbocycles. The number of aryl methyl sites for hydroxylation is 1. The lowest BCUT2D eigenvalue weighted by Gasteiger charge is -2.32. The monoisotopic (exact) mass is 266 g/mol. The summed E-state index contributed by atoms with van der Waals surface area (Å²) in [4.78, 5) is 13.9. The SMILES string of the molecule is Cc1ccc(C(C)NC(=O)N2CCCC(CO)C2)o1. The Morgan fingerprint density at radius 3 is 3.05 bits per heavy atom. The van der Waals surface area contributed by atoms with Crippen LogP contribution >= 0.6 is 0 Å². The Morgan fingerprint density at radius 1 is 1.63 bits per heavy atom. The van der Waals surface area contributed by atoms with Crippen molar-refractivity contribution < 1.29 is 14.3 Å². The third kappa shape index (κ3) is 3.50. The van der Waals surface area contributed by atoms with E-state index in [1.165, 1.54) is 0 Å².